The van der Waals surface area contributed by atoms with Gasteiger partial charge in [0.15, 0.2) is 0 Å². The summed E-state index contributed by atoms with van der Waals surface area (Å²) in [5.74, 6) is 5.21. The van der Waals surface area contributed by atoms with Gasteiger partial charge in [0.25, 0.3) is 0 Å². The Labute approximate surface area is 118 Å². The molecule has 1 atom stereocenters. The van der Waals surface area contributed by atoms with Crippen LogP contribution in [0.25, 0.3) is 0 Å². The van der Waals surface area contributed by atoms with Gasteiger partial charge < -0.3 is 5.73 Å². The van der Waals surface area contributed by atoms with Crippen molar-refractivity contribution in [3.8, 4) is 0 Å². The smallest absolute Gasteiger partial charge is 0.0251 e. The van der Waals surface area contributed by atoms with Gasteiger partial charge in [0.2, 0.25) is 0 Å². The highest BCUT2D eigenvalue weighted by atomic mass is 15.2. The molecule has 0 aromatic carbocycles. The summed E-state index contributed by atoms with van der Waals surface area (Å²) in [6, 6.07) is 0.718. The largest absolute Gasteiger partial charge is 0.329 e. The molecule has 0 amide bonds. The van der Waals surface area contributed by atoms with Crippen molar-refractivity contribution < 1.29 is 0 Å². The molecular weight excluding hydrogens is 232 g/mol. The van der Waals surface area contributed by atoms with E-state index in [0.717, 1.165) is 42.2 Å². The van der Waals surface area contributed by atoms with Crippen LogP contribution in [-0.4, -0.2) is 30.6 Å². The van der Waals surface area contributed by atoms with E-state index in [1.165, 1.54) is 32.4 Å². The van der Waals surface area contributed by atoms with Gasteiger partial charge in [0.05, 0.1) is 0 Å². The third-order valence-electron chi connectivity index (χ3n) is 6.85. The van der Waals surface area contributed by atoms with Gasteiger partial charge in [-0.2, -0.15) is 0 Å². The molecule has 4 aliphatic carbocycles. The van der Waals surface area contributed by atoms with Crippen molar-refractivity contribution in [2.75, 3.05) is 19.6 Å². The Morgan fingerprint density at radius 2 is 1.42 bits per heavy atom. The van der Waals surface area contributed by atoms with E-state index in [1.807, 2.05) is 0 Å². The van der Waals surface area contributed by atoms with Crippen molar-refractivity contribution in [1.29, 1.82) is 0 Å². The Morgan fingerprint density at radius 1 is 0.842 bits per heavy atom. The lowest BCUT2D eigenvalue weighted by atomic mass is 9.50. The van der Waals surface area contributed by atoms with Crippen LogP contribution in [0, 0.1) is 29.6 Å². The normalized spacial score (nSPS) is 47.5. The number of rotatable bonds is 3. The summed E-state index contributed by atoms with van der Waals surface area (Å²) in [5, 5.41) is 0. The van der Waals surface area contributed by atoms with E-state index in [2.05, 4.69) is 4.90 Å². The van der Waals surface area contributed by atoms with Crippen LogP contribution in [-0.2, 0) is 0 Å². The molecule has 1 unspecified atom stereocenters. The SMILES string of the molecule is NCC(C1C2CC3CC(C2)CC1C3)N1CCCCC1. The first kappa shape index (κ1) is 12.6. The maximum Gasteiger partial charge on any atom is 0.0251 e. The molecule has 0 spiro atoms. The van der Waals surface area contributed by atoms with Crippen LogP contribution in [0.2, 0.25) is 0 Å². The van der Waals surface area contributed by atoms with Gasteiger partial charge in [0, 0.05) is 12.6 Å². The third-order valence-corrected chi connectivity index (χ3v) is 6.85. The Balaban J connectivity index is 1.53. The molecule has 5 fully saturated rings. The van der Waals surface area contributed by atoms with E-state index in [-0.39, 0.29) is 0 Å². The highest BCUT2D eigenvalue weighted by molar-refractivity contribution is 5.02. The highest BCUT2D eigenvalue weighted by Gasteiger charge is 2.51. The Hall–Kier alpha value is -0.0800. The van der Waals surface area contributed by atoms with Crippen LogP contribution in [0.1, 0.15) is 51.4 Å². The zero-order valence-corrected chi connectivity index (χ0v) is 12.3. The lowest BCUT2D eigenvalue weighted by Gasteiger charge is -2.58. The molecule has 1 saturated heterocycles. The second-order valence-corrected chi connectivity index (χ2v) is 7.91. The molecule has 2 heteroatoms. The summed E-state index contributed by atoms with van der Waals surface area (Å²) in [5.41, 5.74) is 6.24. The monoisotopic (exact) mass is 262 g/mol. The molecule has 1 aliphatic heterocycles. The number of nitrogens with zero attached hydrogens (tertiary/aromatic N) is 1. The van der Waals surface area contributed by atoms with Gasteiger partial charge in [-0.05, 0) is 87.6 Å². The first-order valence-electron chi connectivity index (χ1n) is 8.79. The molecule has 0 radical (unpaired) electrons. The summed E-state index contributed by atoms with van der Waals surface area (Å²) in [4.78, 5) is 2.77. The number of hydrogen-bond donors (Lipinski definition) is 1. The van der Waals surface area contributed by atoms with E-state index in [9.17, 15) is 0 Å². The van der Waals surface area contributed by atoms with Gasteiger partial charge in [-0.15, -0.1) is 0 Å². The van der Waals surface area contributed by atoms with Crippen molar-refractivity contribution in [2.45, 2.75) is 57.4 Å². The number of nitrogens with two attached hydrogens (primary N) is 1. The molecule has 0 aromatic rings. The number of likely N-dealkylation sites (tertiary alicyclic amines) is 1. The number of hydrogen-bond acceptors (Lipinski definition) is 2. The van der Waals surface area contributed by atoms with Gasteiger partial charge in [-0.25, -0.2) is 0 Å². The molecule has 19 heavy (non-hydrogen) atoms. The first-order valence-corrected chi connectivity index (χ1v) is 8.79. The molecule has 2 nitrogen and oxygen atoms in total. The summed E-state index contributed by atoms with van der Waals surface area (Å²) in [6.45, 7) is 3.56. The topological polar surface area (TPSA) is 29.3 Å². The molecule has 0 aromatic heterocycles. The standard InChI is InChI=1S/C17H30N2/c18-11-16(19-4-2-1-3-5-19)17-14-7-12-6-13(9-14)10-15(17)8-12/h12-17H,1-11,18H2. The maximum absolute atomic E-state index is 6.24. The zero-order valence-electron chi connectivity index (χ0n) is 12.3. The fraction of sp³-hybridized carbons (Fsp3) is 1.00. The van der Waals surface area contributed by atoms with E-state index in [0.29, 0.717) is 0 Å². The summed E-state index contributed by atoms with van der Waals surface area (Å²) < 4.78 is 0. The molecule has 1 heterocycles. The molecule has 5 rings (SSSR count). The van der Waals surface area contributed by atoms with E-state index >= 15 is 0 Å². The molecule has 4 bridgehead atoms. The minimum absolute atomic E-state index is 0.718. The predicted octanol–water partition coefficient (Wildman–Crippen LogP) is 2.87. The van der Waals surface area contributed by atoms with Crippen LogP contribution in [0.4, 0.5) is 0 Å². The van der Waals surface area contributed by atoms with Crippen molar-refractivity contribution in [2.24, 2.45) is 35.3 Å². The quantitative estimate of drug-likeness (QED) is 0.847. The van der Waals surface area contributed by atoms with Gasteiger partial charge in [-0.3, -0.25) is 4.90 Å². The van der Waals surface area contributed by atoms with Crippen LogP contribution in [0.15, 0.2) is 0 Å². The average Bonchev–Trinajstić information content (AvgIpc) is 2.43. The molecule has 4 saturated carbocycles. The van der Waals surface area contributed by atoms with Gasteiger partial charge in [-0.1, -0.05) is 6.42 Å². The molecule has 5 aliphatic rings. The van der Waals surface area contributed by atoms with Crippen molar-refractivity contribution in [3.63, 3.8) is 0 Å². The summed E-state index contributed by atoms with van der Waals surface area (Å²) in [6.07, 6.45) is 12.0. The Kier molecular flexibility index (Phi) is 3.35. The van der Waals surface area contributed by atoms with E-state index < -0.39 is 0 Å². The van der Waals surface area contributed by atoms with Gasteiger partial charge >= 0.3 is 0 Å². The van der Waals surface area contributed by atoms with Crippen molar-refractivity contribution in [1.82, 2.24) is 4.90 Å². The van der Waals surface area contributed by atoms with Crippen LogP contribution < -0.4 is 5.73 Å². The summed E-state index contributed by atoms with van der Waals surface area (Å²) in [7, 11) is 0. The van der Waals surface area contributed by atoms with Crippen molar-refractivity contribution >= 4 is 0 Å². The lowest BCUT2D eigenvalue weighted by molar-refractivity contribution is -0.0746. The third kappa shape index (κ3) is 2.15. The fourth-order valence-corrected chi connectivity index (χ4v) is 6.40. The first-order chi connectivity index (χ1) is 9.35. The van der Waals surface area contributed by atoms with E-state index in [4.69, 9.17) is 5.73 Å². The predicted molar refractivity (Wildman–Crippen MR) is 78.8 cm³/mol. The Morgan fingerprint density at radius 3 is 1.95 bits per heavy atom. The molecule has 108 valence electrons. The second-order valence-electron chi connectivity index (χ2n) is 7.91. The zero-order chi connectivity index (χ0) is 12.8. The average molecular weight is 262 g/mol. The Bertz CT molecular complexity index is 293. The minimum Gasteiger partial charge on any atom is -0.329 e. The second kappa shape index (κ2) is 5.04. The van der Waals surface area contributed by atoms with Crippen molar-refractivity contribution in [3.05, 3.63) is 0 Å². The highest BCUT2D eigenvalue weighted by Crippen LogP contribution is 2.57. The summed E-state index contributed by atoms with van der Waals surface area (Å²) >= 11 is 0. The maximum atomic E-state index is 6.24. The van der Waals surface area contributed by atoms with Gasteiger partial charge in [0.1, 0.15) is 0 Å². The van der Waals surface area contributed by atoms with Crippen LogP contribution >= 0.6 is 0 Å². The minimum atomic E-state index is 0.718. The fourth-order valence-electron chi connectivity index (χ4n) is 6.40. The lowest BCUT2D eigenvalue weighted by Crippen LogP contribution is -2.57. The van der Waals surface area contributed by atoms with Crippen LogP contribution in [0.5, 0.6) is 0 Å². The van der Waals surface area contributed by atoms with E-state index in [1.54, 1.807) is 32.1 Å². The number of piperidine rings is 1. The molecule has 2 N–H and O–H groups in total. The molecular formula is C17H30N2. The van der Waals surface area contributed by atoms with Crippen LogP contribution in [0.3, 0.4) is 0 Å².